The van der Waals surface area contributed by atoms with Crippen molar-refractivity contribution in [3.63, 3.8) is 0 Å². The molecule has 38 heavy (non-hydrogen) atoms. The van der Waals surface area contributed by atoms with Crippen LogP contribution in [0, 0.1) is 5.82 Å². The molecule has 0 atom stereocenters. The first-order valence-electron chi connectivity index (χ1n) is 12.9. The third-order valence-electron chi connectivity index (χ3n) is 6.75. The lowest BCUT2D eigenvalue weighted by Gasteiger charge is -2.28. The number of para-hydroxylation sites is 1. The summed E-state index contributed by atoms with van der Waals surface area (Å²) in [6.45, 7) is 3.37. The molecule has 0 aliphatic rings. The van der Waals surface area contributed by atoms with Crippen molar-refractivity contribution in [3.8, 4) is 0 Å². The van der Waals surface area contributed by atoms with Gasteiger partial charge in [0.05, 0.1) is 6.61 Å². The van der Waals surface area contributed by atoms with Crippen molar-refractivity contribution in [1.29, 1.82) is 0 Å². The van der Waals surface area contributed by atoms with Gasteiger partial charge in [-0.25, -0.2) is 4.39 Å². The Morgan fingerprint density at radius 3 is 2.32 bits per heavy atom. The molecule has 198 valence electrons. The number of ether oxygens (including phenoxy) is 1. The third-order valence-corrected chi connectivity index (χ3v) is 6.75. The van der Waals surface area contributed by atoms with Gasteiger partial charge in [-0.2, -0.15) is 0 Å². The molecule has 0 saturated carbocycles. The van der Waals surface area contributed by atoms with Crippen LogP contribution < -0.4 is 0 Å². The fourth-order valence-electron chi connectivity index (χ4n) is 4.48. The minimum atomic E-state index is -0.323. The molecule has 0 unspecified atom stereocenters. The van der Waals surface area contributed by atoms with Gasteiger partial charge in [0.15, 0.2) is 0 Å². The summed E-state index contributed by atoms with van der Waals surface area (Å²) < 4.78 is 18.7. The molecule has 2 amide bonds. The number of carbonyl (C=O) groups is 2. The lowest BCUT2D eigenvalue weighted by molar-refractivity contribution is -0.132. The average molecular weight is 516 g/mol. The fraction of sp³-hybridized carbons (Fsp3) is 0.290. The van der Waals surface area contributed by atoms with E-state index in [2.05, 4.69) is 18.0 Å². The molecule has 1 aromatic heterocycles. The van der Waals surface area contributed by atoms with Crippen LogP contribution >= 0.6 is 0 Å². The molecule has 0 aliphatic carbocycles. The Morgan fingerprint density at radius 2 is 1.61 bits per heavy atom. The molecule has 0 radical (unpaired) electrons. The number of hydrogen-bond acceptors (Lipinski definition) is 3. The van der Waals surface area contributed by atoms with Crippen molar-refractivity contribution in [2.45, 2.75) is 26.3 Å². The zero-order valence-electron chi connectivity index (χ0n) is 22.0. The standard InChI is InChI=1S/C31H34FN3O3/c1-3-23-8-12-25(13-9-23)31(37)35(18-19-38-2)22-30(36)34(21-24-10-14-27(32)15-11-24)17-16-26-20-33-29-7-5-4-6-28(26)29/h4-15,20,33H,3,16-19,21-22H2,1-2H3. The Kier molecular flexibility index (Phi) is 9.27. The van der Waals surface area contributed by atoms with Gasteiger partial charge in [0.2, 0.25) is 5.91 Å². The molecular weight excluding hydrogens is 481 g/mol. The first kappa shape index (κ1) is 27.1. The van der Waals surface area contributed by atoms with E-state index in [1.165, 1.54) is 17.0 Å². The molecule has 7 heteroatoms. The van der Waals surface area contributed by atoms with E-state index in [-0.39, 0.29) is 24.2 Å². The molecule has 6 nitrogen and oxygen atoms in total. The summed E-state index contributed by atoms with van der Waals surface area (Å²) >= 11 is 0. The maximum absolute atomic E-state index is 13.7. The molecule has 0 saturated heterocycles. The average Bonchev–Trinajstić information content (AvgIpc) is 3.37. The quantitative estimate of drug-likeness (QED) is 0.281. The Morgan fingerprint density at radius 1 is 0.895 bits per heavy atom. The maximum atomic E-state index is 13.7. The van der Waals surface area contributed by atoms with Crippen molar-refractivity contribution < 1.29 is 18.7 Å². The number of nitrogens with zero attached hydrogens (tertiary/aromatic N) is 2. The van der Waals surface area contributed by atoms with Gasteiger partial charge >= 0.3 is 0 Å². The van der Waals surface area contributed by atoms with Gasteiger partial charge in [0.1, 0.15) is 12.4 Å². The van der Waals surface area contributed by atoms with E-state index in [0.29, 0.717) is 38.2 Å². The predicted octanol–water partition coefficient (Wildman–Crippen LogP) is 5.23. The van der Waals surface area contributed by atoms with E-state index in [9.17, 15) is 14.0 Å². The van der Waals surface area contributed by atoms with E-state index in [1.54, 1.807) is 36.3 Å². The van der Waals surface area contributed by atoms with E-state index in [4.69, 9.17) is 4.74 Å². The number of rotatable bonds is 12. The third kappa shape index (κ3) is 6.86. The monoisotopic (exact) mass is 515 g/mol. The first-order valence-corrected chi connectivity index (χ1v) is 12.9. The highest BCUT2D eigenvalue weighted by molar-refractivity contribution is 5.96. The Labute approximate surface area is 223 Å². The second-order valence-electron chi connectivity index (χ2n) is 9.32. The summed E-state index contributed by atoms with van der Waals surface area (Å²) in [6.07, 6.45) is 3.50. The highest BCUT2D eigenvalue weighted by Gasteiger charge is 2.23. The molecule has 3 aromatic carbocycles. The number of halogens is 1. The molecule has 4 rings (SSSR count). The summed E-state index contributed by atoms with van der Waals surface area (Å²) in [6, 6.07) is 21.7. The van der Waals surface area contributed by atoms with E-state index in [1.807, 2.05) is 36.5 Å². The number of hydrogen-bond donors (Lipinski definition) is 1. The fourth-order valence-corrected chi connectivity index (χ4v) is 4.48. The normalized spacial score (nSPS) is 11.0. The van der Waals surface area contributed by atoms with Gasteiger partial charge < -0.3 is 19.5 Å². The van der Waals surface area contributed by atoms with E-state index >= 15 is 0 Å². The summed E-state index contributed by atoms with van der Waals surface area (Å²) in [4.78, 5) is 33.6. The highest BCUT2D eigenvalue weighted by Crippen LogP contribution is 2.19. The smallest absolute Gasteiger partial charge is 0.254 e. The van der Waals surface area contributed by atoms with E-state index in [0.717, 1.165) is 34.0 Å². The first-order chi connectivity index (χ1) is 18.5. The number of aromatic nitrogens is 1. The Balaban J connectivity index is 1.53. The zero-order chi connectivity index (χ0) is 26.9. The van der Waals surface area contributed by atoms with Crippen molar-refractivity contribution in [2.24, 2.45) is 0 Å². The Hall–Kier alpha value is -3.97. The minimum absolute atomic E-state index is 0.0766. The number of carbonyl (C=O) groups excluding carboxylic acids is 2. The summed E-state index contributed by atoms with van der Waals surface area (Å²) in [5.41, 5.74) is 4.66. The summed E-state index contributed by atoms with van der Waals surface area (Å²) in [5, 5.41) is 1.12. The number of benzene rings is 3. The molecule has 0 bridgehead atoms. The number of aromatic amines is 1. The molecule has 0 spiro atoms. The number of nitrogens with one attached hydrogen (secondary N) is 1. The lowest BCUT2D eigenvalue weighted by Crippen LogP contribution is -2.44. The van der Waals surface area contributed by atoms with Gasteiger partial charge in [0, 0.05) is 49.4 Å². The number of methoxy groups -OCH3 is 1. The van der Waals surface area contributed by atoms with Crippen molar-refractivity contribution in [1.82, 2.24) is 14.8 Å². The van der Waals surface area contributed by atoms with Gasteiger partial charge in [-0.15, -0.1) is 0 Å². The van der Waals surface area contributed by atoms with Crippen LogP contribution in [-0.4, -0.2) is 59.9 Å². The summed E-state index contributed by atoms with van der Waals surface area (Å²) in [7, 11) is 1.57. The van der Waals surface area contributed by atoms with Crippen molar-refractivity contribution in [2.75, 3.05) is 33.4 Å². The molecule has 1 N–H and O–H groups in total. The van der Waals surface area contributed by atoms with E-state index < -0.39 is 0 Å². The molecule has 0 aliphatic heterocycles. The minimum Gasteiger partial charge on any atom is -0.383 e. The number of fused-ring (bicyclic) bond motifs is 1. The van der Waals surface area contributed by atoms with Gasteiger partial charge in [0.25, 0.3) is 5.91 Å². The molecule has 4 aromatic rings. The molecule has 0 fully saturated rings. The zero-order valence-corrected chi connectivity index (χ0v) is 22.0. The largest absolute Gasteiger partial charge is 0.383 e. The molecule has 1 heterocycles. The summed E-state index contributed by atoms with van der Waals surface area (Å²) in [5.74, 6) is -0.712. The number of aryl methyl sites for hydroxylation is 1. The van der Waals surface area contributed by atoms with Gasteiger partial charge in [-0.05, 0) is 59.9 Å². The number of H-pyrrole nitrogens is 1. The number of amides is 2. The second-order valence-corrected chi connectivity index (χ2v) is 9.32. The van der Waals surface area contributed by atoms with Crippen LogP contribution in [-0.2, 0) is 28.9 Å². The van der Waals surface area contributed by atoms with Crippen LogP contribution in [0.15, 0.2) is 79.0 Å². The Bertz CT molecular complexity index is 1350. The van der Waals surface area contributed by atoms with Crippen LogP contribution in [0.25, 0.3) is 10.9 Å². The van der Waals surface area contributed by atoms with Gasteiger partial charge in [-0.1, -0.05) is 49.4 Å². The van der Waals surface area contributed by atoms with Crippen LogP contribution in [0.4, 0.5) is 4.39 Å². The predicted molar refractivity (Wildman–Crippen MR) is 147 cm³/mol. The lowest BCUT2D eigenvalue weighted by atomic mass is 10.1. The van der Waals surface area contributed by atoms with Gasteiger partial charge in [-0.3, -0.25) is 9.59 Å². The van der Waals surface area contributed by atoms with Crippen LogP contribution in [0.5, 0.6) is 0 Å². The topological polar surface area (TPSA) is 65.6 Å². The maximum Gasteiger partial charge on any atom is 0.254 e. The van der Waals surface area contributed by atoms with Crippen LogP contribution in [0.1, 0.15) is 34.0 Å². The van der Waals surface area contributed by atoms with Crippen molar-refractivity contribution >= 4 is 22.7 Å². The SMILES string of the molecule is CCc1ccc(C(=O)N(CCOC)CC(=O)N(CCc2c[nH]c3ccccc23)Cc2ccc(F)cc2)cc1. The highest BCUT2D eigenvalue weighted by atomic mass is 19.1. The van der Waals surface area contributed by atoms with Crippen LogP contribution in [0.3, 0.4) is 0 Å². The van der Waals surface area contributed by atoms with Crippen LogP contribution in [0.2, 0.25) is 0 Å². The molecular formula is C31H34FN3O3. The van der Waals surface area contributed by atoms with Crippen molar-refractivity contribution in [3.05, 3.63) is 107 Å². The second kappa shape index (κ2) is 13.0.